The van der Waals surface area contributed by atoms with Crippen LogP contribution in [-0.4, -0.2) is 33.4 Å². The fourth-order valence-electron chi connectivity index (χ4n) is 2.08. The van der Waals surface area contributed by atoms with Gasteiger partial charge in [0.05, 0.1) is 0 Å². The van der Waals surface area contributed by atoms with Crippen molar-refractivity contribution in [1.82, 2.24) is 9.97 Å². The molecule has 27 heavy (non-hydrogen) atoms. The van der Waals surface area contributed by atoms with Crippen molar-refractivity contribution in [3.63, 3.8) is 0 Å². The maximum absolute atomic E-state index is 12.7. The van der Waals surface area contributed by atoms with Gasteiger partial charge in [-0.15, -0.1) is 0 Å². The first-order valence-electron chi connectivity index (χ1n) is 7.09. The number of allylic oxidation sites excluding steroid dienone is 2. The van der Waals surface area contributed by atoms with Crippen molar-refractivity contribution >= 4 is 23.4 Å². The number of carbonyl (C=O) groups excluding carboxylic acids is 1. The number of amides is 1. The Hall–Kier alpha value is -3.83. The van der Waals surface area contributed by atoms with Crippen molar-refractivity contribution in [3.8, 4) is 5.88 Å². The summed E-state index contributed by atoms with van der Waals surface area (Å²) in [5.74, 6) is -2.00. The highest BCUT2D eigenvalue weighted by molar-refractivity contribution is 6.10. The molecule has 0 aliphatic carbocycles. The molecular weight excluding hydrogens is 371 g/mol. The van der Waals surface area contributed by atoms with Gasteiger partial charge in [0.15, 0.2) is 5.56 Å². The third-order valence-corrected chi connectivity index (χ3v) is 3.34. The molecule has 0 atom stereocenters. The van der Waals surface area contributed by atoms with Crippen LogP contribution in [0.3, 0.4) is 0 Å². The molecule has 142 valence electrons. The molecule has 12 heteroatoms. The third-order valence-electron chi connectivity index (χ3n) is 3.34. The molecule has 0 fully saturated rings. The summed E-state index contributed by atoms with van der Waals surface area (Å²) in [7, 11) is 0. The third kappa shape index (κ3) is 4.23. The molecule has 0 unspecified atom stereocenters. The van der Waals surface area contributed by atoms with Gasteiger partial charge in [0, 0.05) is 17.5 Å². The van der Waals surface area contributed by atoms with Crippen molar-refractivity contribution in [1.29, 1.82) is 5.41 Å². The Labute approximate surface area is 147 Å². The Morgan fingerprint density at radius 2 is 1.78 bits per heavy atom. The number of anilines is 1. The summed E-state index contributed by atoms with van der Waals surface area (Å²) in [6.45, 7) is 0. The van der Waals surface area contributed by atoms with E-state index in [2.05, 4.69) is 5.32 Å². The number of aromatic amines is 2. The van der Waals surface area contributed by atoms with E-state index in [1.807, 2.05) is 4.98 Å². The minimum Gasteiger partial charge on any atom is -0.494 e. The molecule has 0 aliphatic rings. The monoisotopic (exact) mass is 383 g/mol. The molecule has 1 aromatic carbocycles. The maximum atomic E-state index is 12.7. The highest BCUT2D eigenvalue weighted by atomic mass is 19.4. The predicted octanol–water partition coefficient (Wildman–Crippen LogP) is 0.903. The Morgan fingerprint density at radius 3 is 2.26 bits per heavy atom. The molecule has 1 aromatic heterocycles. The standard InChI is InChI=1S/C15H12F3N5O4/c16-15(17,18)10(20)8(5-19)6-1-3-7(4-2-6)21-11(24)9-12(25)22-14(27)23-13(9)26/h1-5,19H,20H2,(H,21,24)(H3,22,23,25,26,27)/b10-8+,19-5?. The van der Waals surface area contributed by atoms with E-state index < -0.39 is 46.0 Å². The van der Waals surface area contributed by atoms with Crippen LogP contribution < -0.4 is 22.3 Å². The molecule has 9 nitrogen and oxygen atoms in total. The summed E-state index contributed by atoms with van der Waals surface area (Å²) in [6.07, 6.45) is -4.36. The van der Waals surface area contributed by atoms with Crippen LogP contribution in [0.1, 0.15) is 15.9 Å². The molecule has 0 radical (unpaired) electrons. The van der Waals surface area contributed by atoms with Crippen molar-refractivity contribution in [2.75, 3.05) is 5.32 Å². The van der Waals surface area contributed by atoms with Gasteiger partial charge in [0.1, 0.15) is 5.70 Å². The Bertz CT molecular complexity index is 1040. The topological polar surface area (TPSA) is 165 Å². The Balaban J connectivity index is 2.31. The number of nitrogens with one attached hydrogen (secondary N) is 4. The molecule has 0 aliphatic heterocycles. The van der Waals surface area contributed by atoms with Gasteiger partial charge >= 0.3 is 11.9 Å². The fraction of sp³-hybridized carbons (Fsp3) is 0.0667. The average Bonchev–Trinajstić information content (AvgIpc) is 2.55. The zero-order valence-electron chi connectivity index (χ0n) is 13.3. The van der Waals surface area contributed by atoms with Crippen LogP contribution >= 0.6 is 0 Å². The average molecular weight is 383 g/mol. The fourth-order valence-corrected chi connectivity index (χ4v) is 2.08. The summed E-state index contributed by atoms with van der Waals surface area (Å²) < 4.78 is 38.1. The van der Waals surface area contributed by atoms with Crippen molar-refractivity contribution in [2.24, 2.45) is 5.73 Å². The minimum absolute atomic E-state index is 0.0254. The van der Waals surface area contributed by atoms with Gasteiger partial charge in [-0.1, -0.05) is 12.1 Å². The summed E-state index contributed by atoms with van der Waals surface area (Å²) in [6, 6.07) is 4.76. The quantitative estimate of drug-likeness (QED) is 0.431. The number of rotatable bonds is 4. The molecule has 0 spiro atoms. The van der Waals surface area contributed by atoms with Gasteiger partial charge in [0.2, 0.25) is 5.88 Å². The number of aromatic hydroxyl groups is 1. The van der Waals surface area contributed by atoms with Crippen molar-refractivity contribution in [2.45, 2.75) is 6.18 Å². The van der Waals surface area contributed by atoms with E-state index in [4.69, 9.17) is 11.1 Å². The second-order valence-corrected chi connectivity index (χ2v) is 5.13. The molecular formula is C15H12F3N5O4. The molecule has 2 aromatic rings. The van der Waals surface area contributed by atoms with E-state index in [-0.39, 0.29) is 11.3 Å². The zero-order chi connectivity index (χ0) is 20.4. The SMILES string of the molecule is N=C/C(=C(\N)C(F)(F)F)c1ccc(NC(=O)c2c(O)[nH]c(=O)[nH]c2=O)cc1. The highest BCUT2D eigenvalue weighted by Crippen LogP contribution is 2.28. The summed E-state index contributed by atoms with van der Waals surface area (Å²) in [5, 5.41) is 18.9. The van der Waals surface area contributed by atoms with E-state index in [0.717, 1.165) is 0 Å². The number of carbonyl (C=O) groups is 1. The first-order chi connectivity index (χ1) is 12.5. The van der Waals surface area contributed by atoms with Crippen molar-refractivity contribution < 1.29 is 23.1 Å². The molecule has 1 heterocycles. The van der Waals surface area contributed by atoms with E-state index in [9.17, 15) is 32.7 Å². The normalized spacial score (nSPS) is 12.3. The largest absolute Gasteiger partial charge is 0.494 e. The Morgan fingerprint density at radius 1 is 1.19 bits per heavy atom. The maximum Gasteiger partial charge on any atom is 0.431 e. The highest BCUT2D eigenvalue weighted by Gasteiger charge is 2.34. The van der Waals surface area contributed by atoms with Gasteiger partial charge in [-0.25, -0.2) is 4.79 Å². The van der Waals surface area contributed by atoms with E-state index in [1.165, 1.54) is 24.3 Å². The summed E-state index contributed by atoms with van der Waals surface area (Å²) >= 11 is 0. The van der Waals surface area contributed by atoms with Gasteiger partial charge in [-0.05, 0) is 17.7 Å². The first kappa shape index (κ1) is 19.5. The lowest BCUT2D eigenvalue weighted by Crippen LogP contribution is -2.30. The second kappa shape index (κ2) is 7.19. The molecule has 1 amide bonds. The lowest BCUT2D eigenvalue weighted by molar-refractivity contribution is -0.0918. The van der Waals surface area contributed by atoms with Crippen LogP contribution in [0.15, 0.2) is 39.6 Å². The lowest BCUT2D eigenvalue weighted by atomic mass is 10.0. The predicted molar refractivity (Wildman–Crippen MR) is 89.7 cm³/mol. The molecule has 0 saturated carbocycles. The van der Waals surface area contributed by atoms with E-state index in [0.29, 0.717) is 6.21 Å². The number of hydrogen-bond donors (Lipinski definition) is 6. The molecule has 2 rings (SSSR count). The van der Waals surface area contributed by atoms with Crippen LogP contribution in [0, 0.1) is 5.41 Å². The number of alkyl halides is 3. The van der Waals surface area contributed by atoms with Crippen LogP contribution in [0.2, 0.25) is 0 Å². The minimum atomic E-state index is -4.82. The van der Waals surface area contributed by atoms with Crippen LogP contribution in [0.4, 0.5) is 18.9 Å². The summed E-state index contributed by atoms with van der Waals surface area (Å²) in [4.78, 5) is 38.2. The van der Waals surface area contributed by atoms with Gasteiger partial charge in [-0.2, -0.15) is 13.2 Å². The second-order valence-electron chi connectivity index (χ2n) is 5.13. The number of nitrogens with two attached hydrogens (primary N) is 1. The zero-order valence-corrected chi connectivity index (χ0v) is 13.3. The molecule has 0 saturated heterocycles. The number of hydrogen-bond acceptors (Lipinski definition) is 6. The van der Waals surface area contributed by atoms with Crippen molar-refractivity contribution in [3.05, 3.63) is 61.9 Å². The summed E-state index contributed by atoms with van der Waals surface area (Å²) in [5.41, 5.74) is 0.173. The van der Waals surface area contributed by atoms with E-state index in [1.54, 1.807) is 4.98 Å². The smallest absolute Gasteiger partial charge is 0.431 e. The number of aromatic nitrogens is 2. The van der Waals surface area contributed by atoms with Crippen LogP contribution in [0.25, 0.3) is 5.57 Å². The molecule has 0 bridgehead atoms. The first-order valence-corrected chi connectivity index (χ1v) is 7.09. The van der Waals surface area contributed by atoms with Crippen LogP contribution in [0.5, 0.6) is 5.88 Å². The van der Waals surface area contributed by atoms with E-state index >= 15 is 0 Å². The number of benzene rings is 1. The van der Waals surface area contributed by atoms with Gasteiger partial charge < -0.3 is 21.6 Å². The van der Waals surface area contributed by atoms with Gasteiger partial charge in [-0.3, -0.25) is 19.6 Å². The lowest BCUT2D eigenvalue weighted by Gasteiger charge is -2.12. The number of halogens is 3. The Kier molecular flexibility index (Phi) is 5.19. The molecule has 7 N–H and O–H groups in total. The number of H-pyrrole nitrogens is 2. The van der Waals surface area contributed by atoms with Crippen LogP contribution in [-0.2, 0) is 0 Å². The van der Waals surface area contributed by atoms with Gasteiger partial charge in [0.25, 0.3) is 11.5 Å².